The lowest BCUT2D eigenvalue weighted by molar-refractivity contribution is -0.0959. The fourth-order valence-electron chi connectivity index (χ4n) is 1.11. The van der Waals surface area contributed by atoms with Crippen molar-refractivity contribution in [2.75, 3.05) is 7.11 Å². The maximum Gasteiger partial charge on any atom is 0.369 e. The van der Waals surface area contributed by atoms with E-state index in [0.717, 1.165) is 13.2 Å². The van der Waals surface area contributed by atoms with Gasteiger partial charge in [0.05, 0.1) is 12.7 Å². The predicted octanol–water partition coefficient (Wildman–Crippen LogP) is 2.78. The molecule has 0 aliphatic heterocycles. The quantitative estimate of drug-likeness (QED) is 0.593. The van der Waals surface area contributed by atoms with Crippen LogP contribution in [-0.2, 0) is 0 Å². The summed E-state index contributed by atoms with van der Waals surface area (Å²) in [6.45, 7) is 0. The highest BCUT2D eigenvalue weighted by Gasteiger charge is 2.49. The highest BCUT2D eigenvalue weighted by molar-refractivity contribution is 6.03. The second-order valence-corrected chi connectivity index (χ2v) is 2.95. The number of benzene rings is 1. The van der Waals surface area contributed by atoms with Gasteiger partial charge >= 0.3 is 12.3 Å². The first-order valence-electron chi connectivity index (χ1n) is 4.25. The van der Waals surface area contributed by atoms with E-state index in [-0.39, 0.29) is 5.75 Å². The number of halogens is 4. The Morgan fingerprint density at radius 3 is 2.38 bits per heavy atom. The molecule has 0 spiro atoms. The van der Waals surface area contributed by atoms with E-state index in [1.807, 2.05) is 0 Å². The number of ether oxygens (including phenoxy) is 1. The molecule has 0 N–H and O–H groups in total. The minimum absolute atomic E-state index is 0.159. The van der Waals surface area contributed by atoms with Gasteiger partial charge in [0, 0.05) is 0 Å². The lowest BCUT2D eigenvalue weighted by Crippen LogP contribution is -2.36. The van der Waals surface area contributed by atoms with Crippen molar-refractivity contribution in [1.29, 1.82) is 0 Å². The zero-order chi connectivity index (χ0) is 12.3. The average Bonchev–Trinajstić information content (AvgIpc) is 2.27. The van der Waals surface area contributed by atoms with E-state index in [2.05, 4.69) is 4.74 Å². The predicted molar refractivity (Wildman–Crippen MR) is 48.3 cm³/mol. The summed E-state index contributed by atoms with van der Waals surface area (Å²) >= 11 is 0. The molecular formula is C10H8F4O2. The number of carbonyl (C=O) groups excluding carboxylic acids is 1. The zero-order valence-electron chi connectivity index (χ0n) is 8.22. The molecule has 1 rings (SSSR count). The number of para-hydroxylation sites is 1. The summed E-state index contributed by atoms with van der Waals surface area (Å²) in [4.78, 5) is 11.2. The number of Topliss-reactive ketones (excluding diaryl/α,β-unsaturated/α-hetero) is 1. The molecule has 0 atom stereocenters. The van der Waals surface area contributed by atoms with Gasteiger partial charge in [-0.25, -0.2) is 8.78 Å². The van der Waals surface area contributed by atoms with Crippen LogP contribution in [0.25, 0.3) is 0 Å². The molecule has 0 saturated heterocycles. The Morgan fingerprint density at radius 2 is 1.88 bits per heavy atom. The first-order valence-corrected chi connectivity index (χ1v) is 4.25. The smallest absolute Gasteiger partial charge is 0.369 e. The van der Waals surface area contributed by atoms with Gasteiger partial charge in [0.15, 0.2) is 0 Å². The molecule has 0 fully saturated rings. The molecule has 0 amide bonds. The highest BCUT2D eigenvalue weighted by atomic mass is 19.3. The molecule has 0 radical (unpaired) electrons. The van der Waals surface area contributed by atoms with Gasteiger partial charge in [0.25, 0.3) is 0 Å². The topological polar surface area (TPSA) is 26.3 Å². The van der Waals surface area contributed by atoms with Crippen molar-refractivity contribution in [3.8, 4) is 5.75 Å². The van der Waals surface area contributed by atoms with Crippen LogP contribution in [0, 0.1) is 0 Å². The third-order valence-corrected chi connectivity index (χ3v) is 1.93. The molecule has 0 aliphatic carbocycles. The Kier molecular flexibility index (Phi) is 3.51. The summed E-state index contributed by atoms with van der Waals surface area (Å²) in [5, 5.41) is 0. The Hall–Kier alpha value is -1.59. The SMILES string of the molecule is COc1ccccc1C(=O)C(F)(F)C(F)F. The molecule has 0 bridgehead atoms. The molecular weight excluding hydrogens is 228 g/mol. The summed E-state index contributed by atoms with van der Waals surface area (Å²) in [7, 11) is 1.16. The fourth-order valence-corrected chi connectivity index (χ4v) is 1.11. The molecule has 0 saturated carbocycles. The van der Waals surface area contributed by atoms with Gasteiger partial charge in [-0.15, -0.1) is 0 Å². The number of alkyl halides is 4. The first-order chi connectivity index (χ1) is 7.41. The van der Waals surface area contributed by atoms with Gasteiger partial charge < -0.3 is 4.74 Å². The average molecular weight is 236 g/mol. The molecule has 0 aromatic heterocycles. The van der Waals surface area contributed by atoms with E-state index < -0.39 is 23.7 Å². The number of carbonyl (C=O) groups is 1. The van der Waals surface area contributed by atoms with Gasteiger partial charge in [0.2, 0.25) is 5.78 Å². The minimum atomic E-state index is -4.70. The van der Waals surface area contributed by atoms with Crippen molar-refractivity contribution in [1.82, 2.24) is 0 Å². The maximum absolute atomic E-state index is 12.8. The van der Waals surface area contributed by atoms with Crippen LogP contribution in [0.5, 0.6) is 5.75 Å². The Labute approximate surface area is 88.8 Å². The third kappa shape index (κ3) is 2.15. The summed E-state index contributed by atoms with van der Waals surface area (Å²) in [6.07, 6.45) is -4.04. The van der Waals surface area contributed by atoms with E-state index in [4.69, 9.17) is 0 Å². The van der Waals surface area contributed by atoms with Crippen LogP contribution in [0.2, 0.25) is 0 Å². The molecule has 2 nitrogen and oxygen atoms in total. The van der Waals surface area contributed by atoms with Crippen molar-refractivity contribution < 1.29 is 27.1 Å². The number of hydrogen-bond donors (Lipinski definition) is 0. The van der Waals surface area contributed by atoms with Crippen LogP contribution >= 0.6 is 0 Å². The molecule has 16 heavy (non-hydrogen) atoms. The standard InChI is InChI=1S/C10H8F4O2/c1-16-7-5-3-2-4-6(7)8(15)10(13,14)9(11)12/h2-5,9H,1H3. The molecule has 0 unspecified atom stereocenters. The van der Waals surface area contributed by atoms with E-state index >= 15 is 0 Å². The molecule has 1 aromatic rings. The van der Waals surface area contributed by atoms with Crippen molar-refractivity contribution in [2.45, 2.75) is 12.3 Å². The molecule has 6 heteroatoms. The van der Waals surface area contributed by atoms with Crippen LogP contribution in [0.3, 0.4) is 0 Å². The summed E-state index contributed by atoms with van der Waals surface area (Å²) < 4.78 is 54.2. The summed E-state index contributed by atoms with van der Waals surface area (Å²) in [6, 6.07) is 4.99. The lowest BCUT2D eigenvalue weighted by Gasteiger charge is -2.15. The van der Waals surface area contributed by atoms with E-state index in [1.54, 1.807) is 0 Å². The second-order valence-electron chi connectivity index (χ2n) is 2.95. The van der Waals surface area contributed by atoms with E-state index in [0.29, 0.717) is 0 Å². The van der Waals surface area contributed by atoms with Gasteiger partial charge in [-0.2, -0.15) is 8.78 Å². The third-order valence-electron chi connectivity index (χ3n) is 1.93. The number of ketones is 1. The summed E-state index contributed by atoms with van der Waals surface area (Å²) in [5.74, 6) is -6.80. The monoisotopic (exact) mass is 236 g/mol. The minimum Gasteiger partial charge on any atom is -0.496 e. The Balaban J connectivity index is 3.14. The Morgan fingerprint density at radius 1 is 1.31 bits per heavy atom. The zero-order valence-corrected chi connectivity index (χ0v) is 8.22. The normalized spacial score (nSPS) is 11.6. The number of hydrogen-bond acceptors (Lipinski definition) is 2. The van der Waals surface area contributed by atoms with Gasteiger partial charge in [-0.1, -0.05) is 12.1 Å². The molecule has 1 aromatic carbocycles. The molecule has 0 aliphatic rings. The van der Waals surface area contributed by atoms with E-state index in [9.17, 15) is 22.4 Å². The first kappa shape index (κ1) is 12.5. The van der Waals surface area contributed by atoms with Crippen molar-refractivity contribution >= 4 is 5.78 Å². The number of methoxy groups -OCH3 is 1. The van der Waals surface area contributed by atoms with Crippen LogP contribution < -0.4 is 4.74 Å². The number of rotatable bonds is 4. The fraction of sp³-hybridized carbons (Fsp3) is 0.300. The largest absolute Gasteiger partial charge is 0.496 e. The van der Waals surface area contributed by atoms with Crippen molar-refractivity contribution in [3.05, 3.63) is 29.8 Å². The molecule has 88 valence electrons. The van der Waals surface area contributed by atoms with Crippen LogP contribution in [-0.4, -0.2) is 25.2 Å². The van der Waals surface area contributed by atoms with E-state index in [1.165, 1.54) is 18.2 Å². The summed E-state index contributed by atoms with van der Waals surface area (Å²) in [5.41, 5.74) is -0.560. The van der Waals surface area contributed by atoms with Gasteiger partial charge in [0.1, 0.15) is 5.75 Å². The van der Waals surface area contributed by atoms with Gasteiger partial charge in [-0.3, -0.25) is 4.79 Å². The maximum atomic E-state index is 12.8. The van der Waals surface area contributed by atoms with Crippen molar-refractivity contribution in [2.24, 2.45) is 0 Å². The second kappa shape index (κ2) is 4.51. The van der Waals surface area contributed by atoms with Crippen LogP contribution in [0.4, 0.5) is 17.6 Å². The molecule has 0 heterocycles. The highest BCUT2D eigenvalue weighted by Crippen LogP contribution is 2.30. The lowest BCUT2D eigenvalue weighted by atomic mass is 10.0. The Bertz CT molecular complexity index is 390. The van der Waals surface area contributed by atoms with Crippen LogP contribution in [0.1, 0.15) is 10.4 Å². The van der Waals surface area contributed by atoms with Gasteiger partial charge in [-0.05, 0) is 12.1 Å². The van der Waals surface area contributed by atoms with Crippen LogP contribution in [0.15, 0.2) is 24.3 Å². The van der Waals surface area contributed by atoms with Crippen molar-refractivity contribution in [3.63, 3.8) is 0 Å².